The molecule has 1 aromatic heterocycles. The Labute approximate surface area is 284 Å². The molecular formula is C48H30O. The van der Waals surface area contributed by atoms with Crippen molar-refractivity contribution in [1.29, 1.82) is 0 Å². The minimum Gasteiger partial charge on any atom is -0.455 e. The summed E-state index contributed by atoms with van der Waals surface area (Å²) in [5.41, 5.74) is 11.4. The summed E-state index contributed by atoms with van der Waals surface area (Å²) in [6.07, 6.45) is 0. The number of fused-ring (bicyclic) bond motifs is 6. The zero-order valence-corrected chi connectivity index (χ0v) is 26.7. The van der Waals surface area contributed by atoms with Crippen molar-refractivity contribution in [3.63, 3.8) is 0 Å². The maximum absolute atomic E-state index is 6.52. The molecule has 0 saturated heterocycles. The van der Waals surface area contributed by atoms with E-state index in [1.807, 2.05) is 6.07 Å². The van der Waals surface area contributed by atoms with Gasteiger partial charge in [-0.05, 0) is 95.5 Å². The van der Waals surface area contributed by atoms with E-state index < -0.39 is 0 Å². The van der Waals surface area contributed by atoms with Gasteiger partial charge in [-0.2, -0.15) is 0 Å². The standard InChI is InChI=1S/C48H30O/c1-2-13-32(14-3-1)46-40-19-6-7-20-41(40)47(37-17-10-16-34(29-37)35-25-24-31-12-4-5-15-33(31)28-35)44-30-36(26-27-42(44)46)38-21-11-22-43-39-18-8-9-23-45(39)49-48(38)43/h1-30H. The molecule has 0 saturated carbocycles. The van der Waals surface area contributed by atoms with Gasteiger partial charge in [-0.25, -0.2) is 0 Å². The van der Waals surface area contributed by atoms with Gasteiger partial charge in [-0.1, -0.05) is 158 Å². The third kappa shape index (κ3) is 4.47. The van der Waals surface area contributed by atoms with Crippen LogP contribution in [0, 0.1) is 0 Å². The van der Waals surface area contributed by atoms with Crippen LogP contribution in [0.2, 0.25) is 0 Å². The third-order valence-corrected chi connectivity index (χ3v) is 10.0. The van der Waals surface area contributed by atoms with Crippen LogP contribution in [0.3, 0.4) is 0 Å². The second-order valence-corrected chi connectivity index (χ2v) is 12.8. The Hall–Kier alpha value is -6.44. The number of rotatable bonds is 4. The van der Waals surface area contributed by atoms with Crippen molar-refractivity contribution in [2.24, 2.45) is 0 Å². The van der Waals surface area contributed by atoms with Crippen molar-refractivity contribution < 1.29 is 4.42 Å². The van der Waals surface area contributed by atoms with Gasteiger partial charge < -0.3 is 4.42 Å². The highest BCUT2D eigenvalue weighted by molar-refractivity contribution is 6.22. The van der Waals surface area contributed by atoms with Crippen LogP contribution >= 0.6 is 0 Å². The smallest absolute Gasteiger partial charge is 0.143 e. The number of para-hydroxylation sites is 2. The van der Waals surface area contributed by atoms with Crippen molar-refractivity contribution in [1.82, 2.24) is 0 Å². The van der Waals surface area contributed by atoms with Gasteiger partial charge in [0, 0.05) is 16.3 Å². The van der Waals surface area contributed by atoms with Crippen molar-refractivity contribution in [2.45, 2.75) is 0 Å². The molecule has 10 rings (SSSR count). The highest BCUT2D eigenvalue weighted by atomic mass is 16.3. The quantitative estimate of drug-likeness (QED) is 0.178. The summed E-state index contributed by atoms with van der Waals surface area (Å²) in [7, 11) is 0. The largest absolute Gasteiger partial charge is 0.455 e. The fraction of sp³-hybridized carbons (Fsp3) is 0. The molecule has 0 radical (unpaired) electrons. The first-order chi connectivity index (χ1) is 24.3. The maximum Gasteiger partial charge on any atom is 0.143 e. The molecule has 10 aromatic rings. The molecule has 0 unspecified atom stereocenters. The fourth-order valence-corrected chi connectivity index (χ4v) is 7.77. The first kappa shape index (κ1) is 27.7. The molecule has 1 heterocycles. The van der Waals surface area contributed by atoms with Gasteiger partial charge in [0.2, 0.25) is 0 Å². The predicted octanol–water partition coefficient (Wildman–Crippen LogP) is 13.7. The predicted molar refractivity (Wildman–Crippen MR) is 208 cm³/mol. The molecule has 0 N–H and O–H groups in total. The molecular weight excluding hydrogens is 593 g/mol. The number of benzene rings is 9. The van der Waals surface area contributed by atoms with Crippen LogP contribution in [0.5, 0.6) is 0 Å². The van der Waals surface area contributed by atoms with Crippen LogP contribution in [0.15, 0.2) is 186 Å². The van der Waals surface area contributed by atoms with Crippen LogP contribution in [0.1, 0.15) is 0 Å². The first-order valence-corrected chi connectivity index (χ1v) is 16.8. The normalized spacial score (nSPS) is 11.7. The van der Waals surface area contributed by atoms with E-state index in [0.717, 1.165) is 33.1 Å². The van der Waals surface area contributed by atoms with E-state index in [1.165, 1.54) is 65.7 Å². The van der Waals surface area contributed by atoms with Gasteiger partial charge in [-0.15, -0.1) is 0 Å². The van der Waals surface area contributed by atoms with E-state index in [9.17, 15) is 0 Å². The van der Waals surface area contributed by atoms with E-state index >= 15 is 0 Å². The van der Waals surface area contributed by atoms with Crippen LogP contribution in [-0.4, -0.2) is 0 Å². The van der Waals surface area contributed by atoms with E-state index in [2.05, 4.69) is 176 Å². The maximum atomic E-state index is 6.52. The van der Waals surface area contributed by atoms with Crippen LogP contribution in [0.4, 0.5) is 0 Å². The second kappa shape index (κ2) is 11.1. The molecule has 0 spiro atoms. The lowest BCUT2D eigenvalue weighted by Gasteiger charge is -2.19. The topological polar surface area (TPSA) is 13.1 Å². The fourth-order valence-electron chi connectivity index (χ4n) is 7.77. The summed E-state index contributed by atoms with van der Waals surface area (Å²) in [5, 5.41) is 9.72. The van der Waals surface area contributed by atoms with E-state index in [4.69, 9.17) is 4.42 Å². The van der Waals surface area contributed by atoms with Gasteiger partial charge in [-0.3, -0.25) is 0 Å². The molecule has 1 heteroatoms. The van der Waals surface area contributed by atoms with Gasteiger partial charge in [0.05, 0.1) is 0 Å². The van der Waals surface area contributed by atoms with E-state index in [-0.39, 0.29) is 0 Å². The Morgan fingerprint density at radius 1 is 0.286 bits per heavy atom. The van der Waals surface area contributed by atoms with Crippen molar-refractivity contribution in [3.05, 3.63) is 182 Å². The van der Waals surface area contributed by atoms with Crippen LogP contribution in [-0.2, 0) is 0 Å². The Balaban J connectivity index is 1.27. The summed E-state index contributed by atoms with van der Waals surface area (Å²) in [5.74, 6) is 0. The molecule has 228 valence electrons. The molecule has 9 aromatic carbocycles. The van der Waals surface area contributed by atoms with Gasteiger partial charge in [0.25, 0.3) is 0 Å². The van der Waals surface area contributed by atoms with E-state index in [1.54, 1.807) is 0 Å². The highest BCUT2D eigenvalue weighted by Crippen LogP contribution is 2.46. The average molecular weight is 623 g/mol. The summed E-state index contributed by atoms with van der Waals surface area (Å²) < 4.78 is 6.52. The van der Waals surface area contributed by atoms with Crippen LogP contribution in [0.25, 0.3) is 98.8 Å². The molecule has 0 aliphatic carbocycles. The summed E-state index contributed by atoms with van der Waals surface area (Å²) in [4.78, 5) is 0. The van der Waals surface area contributed by atoms with Gasteiger partial charge >= 0.3 is 0 Å². The minimum absolute atomic E-state index is 0.911. The lowest BCUT2D eigenvalue weighted by Crippen LogP contribution is -1.92. The molecule has 0 bridgehead atoms. The minimum atomic E-state index is 0.911. The second-order valence-electron chi connectivity index (χ2n) is 12.8. The summed E-state index contributed by atoms with van der Waals surface area (Å²) >= 11 is 0. The van der Waals surface area contributed by atoms with Crippen molar-refractivity contribution in [2.75, 3.05) is 0 Å². The monoisotopic (exact) mass is 622 g/mol. The molecule has 0 fully saturated rings. The average Bonchev–Trinajstić information content (AvgIpc) is 3.56. The zero-order chi connectivity index (χ0) is 32.3. The number of hydrogen-bond acceptors (Lipinski definition) is 1. The number of furan rings is 1. The third-order valence-electron chi connectivity index (χ3n) is 10.0. The highest BCUT2D eigenvalue weighted by Gasteiger charge is 2.19. The molecule has 0 aliphatic rings. The summed E-state index contributed by atoms with van der Waals surface area (Å²) in [6.45, 7) is 0. The van der Waals surface area contributed by atoms with Gasteiger partial charge in [0.15, 0.2) is 0 Å². The Kier molecular flexibility index (Phi) is 6.25. The van der Waals surface area contributed by atoms with E-state index in [0.29, 0.717) is 0 Å². The SMILES string of the molecule is c1ccc(-c2c3ccccc3c(-c3cccc(-c4ccc5ccccc5c4)c3)c3cc(-c4cccc5c4oc4ccccc45)ccc23)cc1. The zero-order valence-electron chi connectivity index (χ0n) is 26.7. The molecule has 0 amide bonds. The van der Waals surface area contributed by atoms with Crippen molar-refractivity contribution in [3.8, 4) is 44.5 Å². The Bertz CT molecular complexity index is 2870. The molecule has 0 atom stereocenters. The summed E-state index contributed by atoms with van der Waals surface area (Å²) in [6, 6.07) is 65.8. The lowest BCUT2D eigenvalue weighted by atomic mass is 9.84. The van der Waals surface area contributed by atoms with Gasteiger partial charge in [0.1, 0.15) is 11.2 Å². The Morgan fingerprint density at radius 3 is 1.73 bits per heavy atom. The first-order valence-electron chi connectivity index (χ1n) is 16.8. The number of hydrogen-bond donors (Lipinski definition) is 0. The molecule has 0 aliphatic heterocycles. The molecule has 1 nitrogen and oxygen atoms in total. The van der Waals surface area contributed by atoms with Crippen molar-refractivity contribution >= 4 is 54.3 Å². The molecule has 49 heavy (non-hydrogen) atoms. The Morgan fingerprint density at radius 2 is 0.878 bits per heavy atom. The lowest BCUT2D eigenvalue weighted by molar-refractivity contribution is 0.670. The van der Waals surface area contributed by atoms with Crippen LogP contribution < -0.4 is 0 Å².